The van der Waals surface area contributed by atoms with Crippen molar-refractivity contribution in [2.75, 3.05) is 19.0 Å². The van der Waals surface area contributed by atoms with Crippen LogP contribution < -0.4 is 10.1 Å². The van der Waals surface area contributed by atoms with Gasteiger partial charge in [0.1, 0.15) is 10.1 Å². The number of carbonyl (C=O) groups excluding carboxylic acids is 2. The van der Waals surface area contributed by atoms with Crippen molar-refractivity contribution < 1.29 is 14.3 Å². The molecule has 192 valence electrons. The second-order valence-corrected chi connectivity index (χ2v) is 10.8. The Labute approximate surface area is 231 Å². The fourth-order valence-electron chi connectivity index (χ4n) is 4.66. The molecule has 1 heterocycles. The van der Waals surface area contributed by atoms with Crippen LogP contribution in [0.2, 0.25) is 0 Å². The third-order valence-corrected chi connectivity index (χ3v) is 8.00. The van der Waals surface area contributed by atoms with E-state index in [0.29, 0.717) is 22.2 Å². The monoisotopic (exact) mass is 540 g/mol. The molecule has 0 atom stereocenters. The summed E-state index contributed by atoms with van der Waals surface area (Å²) in [7, 11) is 1.61. The zero-order valence-electron chi connectivity index (χ0n) is 21.1. The number of thioether (sulfide) groups is 1. The number of benzene rings is 4. The Hall–Kier alpha value is -3.68. The topological polar surface area (TPSA) is 58.6 Å². The molecule has 2 amide bonds. The summed E-state index contributed by atoms with van der Waals surface area (Å²) in [6.07, 6.45) is 4.79. The van der Waals surface area contributed by atoms with Crippen LogP contribution >= 0.6 is 24.0 Å². The van der Waals surface area contributed by atoms with Gasteiger partial charge in [-0.2, -0.15) is 0 Å². The third kappa shape index (κ3) is 5.74. The summed E-state index contributed by atoms with van der Waals surface area (Å²) in [6, 6.07) is 26.0. The quantitative estimate of drug-likeness (QED) is 0.104. The highest BCUT2D eigenvalue weighted by Crippen LogP contribution is 2.36. The van der Waals surface area contributed by atoms with E-state index in [4.69, 9.17) is 17.0 Å². The zero-order valence-corrected chi connectivity index (χ0v) is 22.7. The van der Waals surface area contributed by atoms with Gasteiger partial charge in [0.2, 0.25) is 5.91 Å². The number of thiocarbonyl (C=S) groups is 1. The summed E-state index contributed by atoms with van der Waals surface area (Å²) in [5.74, 6) is 0.680. The van der Waals surface area contributed by atoms with Crippen LogP contribution in [0.15, 0.2) is 83.8 Å². The highest BCUT2D eigenvalue weighted by Gasteiger charge is 2.31. The van der Waals surface area contributed by atoms with Gasteiger partial charge in [0.05, 0.1) is 12.0 Å². The van der Waals surface area contributed by atoms with Crippen LogP contribution in [-0.4, -0.2) is 34.7 Å². The molecule has 0 saturated carbocycles. The molecular weight excluding hydrogens is 512 g/mol. The fourth-order valence-corrected chi connectivity index (χ4v) is 5.95. The Kier molecular flexibility index (Phi) is 8.05. The van der Waals surface area contributed by atoms with Gasteiger partial charge in [-0.15, -0.1) is 0 Å². The largest absolute Gasteiger partial charge is 0.497 e. The Balaban J connectivity index is 1.19. The van der Waals surface area contributed by atoms with Crippen LogP contribution in [0.3, 0.4) is 0 Å². The number of rotatable bonds is 9. The maximum Gasteiger partial charge on any atom is 0.266 e. The molecule has 0 spiro atoms. The maximum absolute atomic E-state index is 13.3. The number of ether oxygens (including phenoxy) is 1. The Morgan fingerprint density at radius 3 is 2.26 bits per heavy atom. The molecule has 4 aromatic carbocycles. The molecular formula is C31H28N2O3S2. The average molecular weight is 541 g/mol. The first kappa shape index (κ1) is 25.9. The molecule has 1 aliphatic heterocycles. The minimum atomic E-state index is -0.0470. The van der Waals surface area contributed by atoms with Gasteiger partial charge in [-0.25, -0.2) is 0 Å². The Bertz CT molecular complexity index is 1490. The highest BCUT2D eigenvalue weighted by atomic mass is 32.2. The number of methoxy groups -OCH3 is 1. The summed E-state index contributed by atoms with van der Waals surface area (Å²) in [5, 5.41) is 7.42. The minimum absolute atomic E-state index is 0.0222. The molecule has 5 rings (SSSR count). The molecule has 1 fully saturated rings. The first-order valence-corrected chi connectivity index (χ1v) is 13.9. The lowest BCUT2D eigenvalue weighted by molar-refractivity contribution is -0.122. The van der Waals surface area contributed by atoms with Crippen molar-refractivity contribution in [1.29, 1.82) is 0 Å². The SMILES string of the molecule is COc1ccc(NC(=O)CCCCCN2C(=O)/C(=C/c3c4ccccc4cc4ccccc34)SC2=S)cc1. The lowest BCUT2D eigenvalue weighted by atomic mass is 9.96. The first-order valence-electron chi connectivity index (χ1n) is 12.6. The molecule has 1 N–H and O–H groups in total. The van der Waals surface area contributed by atoms with E-state index >= 15 is 0 Å². The van der Waals surface area contributed by atoms with Gasteiger partial charge in [0, 0.05) is 18.7 Å². The number of hydrogen-bond donors (Lipinski definition) is 1. The van der Waals surface area contributed by atoms with Crippen molar-refractivity contribution in [2.24, 2.45) is 0 Å². The van der Waals surface area contributed by atoms with Crippen LogP contribution in [0, 0.1) is 0 Å². The molecule has 38 heavy (non-hydrogen) atoms. The van der Waals surface area contributed by atoms with E-state index in [1.54, 1.807) is 12.0 Å². The summed E-state index contributed by atoms with van der Waals surface area (Å²) in [5.41, 5.74) is 1.79. The number of carbonyl (C=O) groups is 2. The van der Waals surface area contributed by atoms with Crippen molar-refractivity contribution >= 4 is 73.4 Å². The predicted molar refractivity (Wildman–Crippen MR) is 161 cm³/mol. The minimum Gasteiger partial charge on any atom is -0.497 e. The maximum atomic E-state index is 13.3. The summed E-state index contributed by atoms with van der Waals surface area (Å²) >= 11 is 6.93. The van der Waals surface area contributed by atoms with Gasteiger partial charge in [0.15, 0.2) is 0 Å². The van der Waals surface area contributed by atoms with Crippen molar-refractivity contribution in [3.63, 3.8) is 0 Å². The van der Waals surface area contributed by atoms with E-state index in [9.17, 15) is 9.59 Å². The van der Waals surface area contributed by atoms with Crippen molar-refractivity contribution in [3.05, 3.63) is 89.3 Å². The van der Waals surface area contributed by atoms with E-state index in [-0.39, 0.29) is 11.8 Å². The standard InChI is InChI=1S/C31H28N2O3S2/c1-36-24-16-14-23(15-17-24)32-29(34)13-3-2-8-18-33-30(35)28(38-31(33)37)20-27-25-11-6-4-9-21(25)19-22-10-5-7-12-26(22)27/h4-7,9-12,14-17,19-20H,2-3,8,13,18H2,1H3,(H,32,34)/b28-20-. The van der Waals surface area contributed by atoms with Gasteiger partial charge >= 0.3 is 0 Å². The molecule has 5 nitrogen and oxygen atoms in total. The number of anilines is 1. The molecule has 4 aromatic rings. The summed E-state index contributed by atoms with van der Waals surface area (Å²) < 4.78 is 5.72. The van der Waals surface area contributed by atoms with Crippen LogP contribution in [-0.2, 0) is 9.59 Å². The Morgan fingerprint density at radius 2 is 1.61 bits per heavy atom. The summed E-state index contributed by atoms with van der Waals surface area (Å²) in [4.78, 5) is 27.9. The molecule has 0 aliphatic carbocycles. The molecule has 1 aliphatic rings. The number of hydrogen-bond acceptors (Lipinski definition) is 5. The van der Waals surface area contributed by atoms with Gasteiger partial charge in [-0.05, 0) is 76.4 Å². The van der Waals surface area contributed by atoms with Crippen molar-refractivity contribution in [1.82, 2.24) is 4.90 Å². The van der Waals surface area contributed by atoms with Crippen molar-refractivity contribution in [3.8, 4) is 5.75 Å². The lowest BCUT2D eigenvalue weighted by Crippen LogP contribution is -2.29. The predicted octanol–water partition coefficient (Wildman–Crippen LogP) is 7.40. The number of fused-ring (bicyclic) bond motifs is 2. The third-order valence-electron chi connectivity index (χ3n) is 6.62. The van der Waals surface area contributed by atoms with E-state index in [2.05, 4.69) is 35.6 Å². The lowest BCUT2D eigenvalue weighted by Gasteiger charge is -2.14. The molecule has 7 heteroatoms. The van der Waals surface area contributed by atoms with Crippen LogP contribution in [0.4, 0.5) is 5.69 Å². The number of unbranched alkanes of at least 4 members (excludes halogenated alkanes) is 2. The fraction of sp³-hybridized carbons (Fsp3) is 0.194. The average Bonchev–Trinajstić information content (AvgIpc) is 3.20. The van der Waals surface area contributed by atoms with Gasteiger partial charge in [0.25, 0.3) is 5.91 Å². The molecule has 1 saturated heterocycles. The van der Waals surface area contributed by atoms with E-state index in [1.807, 2.05) is 54.6 Å². The van der Waals surface area contributed by atoms with Crippen LogP contribution in [0.25, 0.3) is 27.6 Å². The summed E-state index contributed by atoms with van der Waals surface area (Å²) in [6.45, 7) is 0.554. The molecule has 0 radical (unpaired) electrons. The van der Waals surface area contributed by atoms with Gasteiger partial charge < -0.3 is 10.1 Å². The smallest absolute Gasteiger partial charge is 0.266 e. The Morgan fingerprint density at radius 1 is 0.947 bits per heavy atom. The normalized spacial score (nSPS) is 14.6. The van der Waals surface area contributed by atoms with Gasteiger partial charge in [-0.3, -0.25) is 14.5 Å². The van der Waals surface area contributed by atoms with E-state index < -0.39 is 0 Å². The van der Waals surface area contributed by atoms with Gasteiger partial charge in [-0.1, -0.05) is 78.9 Å². The molecule has 0 bridgehead atoms. The number of nitrogens with zero attached hydrogens (tertiary/aromatic N) is 1. The number of nitrogens with one attached hydrogen (secondary N) is 1. The van der Waals surface area contributed by atoms with E-state index in [0.717, 1.165) is 57.8 Å². The molecule has 0 aromatic heterocycles. The van der Waals surface area contributed by atoms with E-state index in [1.165, 1.54) is 11.8 Å². The number of amides is 2. The van der Waals surface area contributed by atoms with Crippen LogP contribution in [0.5, 0.6) is 5.75 Å². The second kappa shape index (κ2) is 11.8. The second-order valence-electron chi connectivity index (χ2n) is 9.15. The zero-order chi connectivity index (χ0) is 26.5. The van der Waals surface area contributed by atoms with Crippen LogP contribution in [0.1, 0.15) is 31.2 Å². The molecule has 0 unspecified atom stereocenters. The highest BCUT2D eigenvalue weighted by molar-refractivity contribution is 8.26. The first-order chi connectivity index (χ1) is 18.5. The van der Waals surface area contributed by atoms with Crippen molar-refractivity contribution in [2.45, 2.75) is 25.7 Å².